The van der Waals surface area contributed by atoms with Crippen molar-refractivity contribution in [3.63, 3.8) is 0 Å². The molecule has 0 spiro atoms. The fourth-order valence-corrected chi connectivity index (χ4v) is 4.56. The summed E-state index contributed by atoms with van der Waals surface area (Å²) in [6.45, 7) is 7.25. The molecule has 2 heterocycles. The van der Waals surface area contributed by atoms with Gasteiger partial charge in [0.2, 0.25) is 0 Å². The van der Waals surface area contributed by atoms with Crippen LogP contribution in [0.25, 0.3) is 0 Å². The number of aromatic nitrogens is 2. The summed E-state index contributed by atoms with van der Waals surface area (Å²) in [6, 6.07) is 6.71. The number of hydrogen-bond acceptors (Lipinski definition) is 4. The summed E-state index contributed by atoms with van der Waals surface area (Å²) in [7, 11) is 0. The van der Waals surface area contributed by atoms with Crippen molar-refractivity contribution in [1.82, 2.24) is 14.7 Å². The molecule has 1 saturated heterocycles. The van der Waals surface area contributed by atoms with Crippen molar-refractivity contribution in [2.75, 3.05) is 19.7 Å². The summed E-state index contributed by atoms with van der Waals surface area (Å²) < 4.78 is 8.11. The van der Waals surface area contributed by atoms with E-state index in [1.54, 1.807) is 0 Å². The third kappa shape index (κ3) is 5.20. The van der Waals surface area contributed by atoms with E-state index in [-0.39, 0.29) is 0 Å². The Morgan fingerprint density at radius 3 is 2.59 bits per heavy atom. The Hall–Kier alpha value is -1.85. The van der Waals surface area contributed by atoms with Crippen molar-refractivity contribution in [2.45, 2.75) is 77.0 Å². The molecule has 5 heteroatoms. The van der Waals surface area contributed by atoms with E-state index in [1.165, 1.54) is 48.8 Å². The SMILES string of the molecule is Cc1ccc(OCC2(O)CCN(Cc3cnn(C4CCCCC4)c3)CC2)cc1C. The molecule has 158 valence electrons. The molecular formula is C24H35N3O2. The number of rotatable bonds is 6. The summed E-state index contributed by atoms with van der Waals surface area (Å²) in [6.07, 6.45) is 12.3. The maximum atomic E-state index is 10.9. The Morgan fingerprint density at radius 1 is 1.10 bits per heavy atom. The van der Waals surface area contributed by atoms with E-state index in [1.807, 2.05) is 12.3 Å². The van der Waals surface area contributed by atoms with Gasteiger partial charge in [-0.05, 0) is 62.8 Å². The fourth-order valence-electron chi connectivity index (χ4n) is 4.56. The number of aryl methyl sites for hydroxylation is 2. The largest absolute Gasteiger partial charge is 0.491 e. The molecule has 5 nitrogen and oxygen atoms in total. The van der Waals surface area contributed by atoms with E-state index < -0.39 is 5.60 Å². The van der Waals surface area contributed by atoms with Crippen LogP contribution in [-0.4, -0.2) is 45.1 Å². The summed E-state index contributed by atoms with van der Waals surface area (Å²) in [4.78, 5) is 2.42. The van der Waals surface area contributed by atoms with E-state index in [4.69, 9.17) is 4.74 Å². The van der Waals surface area contributed by atoms with Crippen molar-refractivity contribution in [3.8, 4) is 5.75 Å². The highest BCUT2D eigenvalue weighted by Crippen LogP contribution is 2.29. The van der Waals surface area contributed by atoms with E-state index in [0.717, 1.165) is 38.2 Å². The molecule has 2 aliphatic rings. The minimum absolute atomic E-state index is 0.364. The molecule has 0 amide bonds. The standard InChI is InChI=1S/C24H35N3O2/c1-19-8-9-23(14-20(19)2)29-18-24(28)10-12-26(13-11-24)16-21-15-25-27(17-21)22-6-4-3-5-7-22/h8-9,14-15,17,22,28H,3-7,10-13,16,18H2,1-2H3. The second-order valence-electron chi connectivity index (χ2n) is 9.16. The molecule has 29 heavy (non-hydrogen) atoms. The second-order valence-corrected chi connectivity index (χ2v) is 9.16. The summed E-state index contributed by atoms with van der Waals surface area (Å²) in [5, 5.41) is 15.6. The van der Waals surface area contributed by atoms with E-state index >= 15 is 0 Å². The average Bonchev–Trinajstić information content (AvgIpc) is 3.20. The van der Waals surface area contributed by atoms with Crippen molar-refractivity contribution >= 4 is 0 Å². The van der Waals surface area contributed by atoms with E-state index in [2.05, 4.69) is 46.9 Å². The van der Waals surface area contributed by atoms with Crippen LogP contribution >= 0.6 is 0 Å². The molecule has 1 aliphatic carbocycles. The van der Waals surface area contributed by atoms with Gasteiger partial charge in [0.25, 0.3) is 0 Å². The van der Waals surface area contributed by atoms with Gasteiger partial charge in [0, 0.05) is 31.4 Å². The summed E-state index contributed by atoms with van der Waals surface area (Å²) >= 11 is 0. The van der Waals surface area contributed by atoms with Gasteiger partial charge in [0.05, 0.1) is 12.2 Å². The first-order valence-corrected chi connectivity index (χ1v) is 11.2. The van der Waals surface area contributed by atoms with Crippen molar-refractivity contribution in [1.29, 1.82) is 0 Å². The van der Waals surface area contributed by atoms with Crippen LogP contribution in [-0.2, 0) is 6.54 Å². The molecule has 0 bridgehead atoms. The zero-order valence-electron chi connectivity index (χ0n) is 17.9. The van der Waals surface area contributed by atoms with Crippen LogP contribution in [0.15, 0.2) is 30.6 Å². The Balaban J connectivity index is 1.25. The molecular weight excluding hydrogens is 362 g/mol. The fraction of sp³-hybridized carbons (Fsp3) is 0.625. The number of piperidine rings is 1. The summed E-state index contributed by atoms with van der Waals surface area (Å²) in [5.74, 6) is 0.846. The quantitative estimate of drug-likeness (QED) is 0.784. The molecule has 0 atom stereocenters. The van der Waals surface area contributed by atoms with Crippen LogP contribution in [0, 0.1) is 13.8 Å². The molecule has 2 aromatic rings. The highest BCUT2D eigenvalue weighted by Gasteiger charge is 2.33. The van der Waals surface area contributed by atoms with Crippen LogP contribution in [0.2, 0.25) is 0 Å². The third-order valence-electron chi connectivity index (χ3n) is 6.78. The van der Waals surface area contributed by atoms with E-state index in [9.17, 15) is 5.11 Å². The molecule has 1 saturated carbocycles. The van der Waals surface area contributed by atoms with Gasteiger partial charge in [-0.3, -0.25) is 9.58 Å². The number of nitrogens with zero attached hydrogens (tertiary/aromatic N) is 3. The van der Waals surface area contributed by atoms with Gasteiger partial charge >= 0.3 is 0 Å². The number of aliphatic hydroxyl groups is 1. The van der Waals surface area contributed by atoms with Gasteiger partial charge in [-0.25, -0.2) is 0 Å². The van der Waals surface area contributed by atoms with Crippen molar-refractivity contribution in [2.24, 2.45) is 0 Å². The second kappa shape index (κ2) is 8.88. The van der Waals surface area contributed by atoms with Crippen LogP contribution in [0.1, 0.15) is 67.7 Å². The zero-order valence-corrected chi connectivity index (χ0v) is 17.9. The van der Waals surface area contributed by atoms with E-state index in [0.29, 0.717) is 12.6 Å². The Morgan fingerprint density at radius 2 is 1.86 bits per heavy atom. The maximum Gasteiger partial charge on any atom is 0.119 e. The molecule has 0 unspecified atom stereocenters. The number of ether oxygens (including phenoxy) is 1. The van der Waals surface area contributed by atoms with Gasteiger partial charge in [0.1, 0.15) is 18.0 Å². The van der Waals surface area contributed by atoms with Gasteiger partial charge in [-0.2, -0.15) is 5.10 Å². The predicted molar refractivity (Wildman–Crippen MR) is 115 cm³/mol. The number of likely N-dealkylation sites (tertiary alicyclic amines) is 1. The predicted octanol–water partition coefficient (Wildman–Crippen LogP) is 4.41. The first kappa shape index (κ1) is 20.4. The van der Waals surface area contributed by atoms with Crippen molar-refractivity contribution < 1.29 is 9.84 Å². The van der Waals surface area contributed by atoms with Gasteiger partial charge in [-0.15, -0.1) is 0 Å². The average molecular weight is 398 g/mol. The topological polar surface area (TPSA) is 50.5 Å². The third-order valence-corrected chi connectivity index (χ3v) is 6.78. The lowest BCUT2D eigenvalue weighted by atomic mass is 9.92. The zero-order chi connectivity index (χ0) is 20.3. The molecule has 1 aromatic heterocycles. The minimum Gasteiger partial charge on any atom is -0.491 e. The highest BCUT2D eigenvalue weighted by atomic mass is 16.5. The normalized spacial score (nSPS) is 20.7. The first-order chi connectivity index (χ1) is 14.0. The van der Waals surface area contributed by atoms with Crippen LogP contribution in [0.3, 0.4) is 0 Å². The molecule has 4 rings (SSSR count). The lowest BCUT2D eigenvalue weighted by Gasteiger charge is -2.37. The first-order valence-electron chi connectivity index (χ1n) is 11.2. The molecule has 1 aliphatic heterocycles. The Kier molecular flexibility index (Phi) is 6.26. The number of hydrogen-bond donors (Lipinski definition) is 1. The maximum absolute atomic E-state index is 10.9. The minimum atomic E-state index is -0.735. The van der Waals surface area contributed by atoms with Crippen LogP contribution in [0.5, 0.6) is 5.75 Å². The lowest BCUT2D eigenvalue weighted by molar-refractivity contribution is -0.0537. The van der Waals surface area contributed by atoms with Gasteiger partial charge in [0.15, 0.2) is 0 Å². The Bertz CT molecular complexity index is 802. The lowest BCUT2D eigenvalue weighted by Crippen LogP contribution is -2.47. The molecule has 1 N–H and O–H groups in total. The van der Waals surface area contributed by atoms with Gasteiger partial charge < -0.3 is 9.84 Å². The van der Waals surface area contributed by atoms with Gasteiger partial charge in [-0.1, -0.05) is 25.3 Å². The van der Waals surface area contributed by atoms with Crippen LogP contribution in [0.4, 0.5) is 0 Å². The molecule has 0 radical (unpaired) electrons. The molecule has 2 fully saturated rings. The molecule has 1 aromatic carbocycles. The number of benzene rings is 1. The smallest absolute Gasteiger partial charge is 0.119 e. The van der Waals surface area contributed by atoms with Crippen molar-refractivity contribution in [3.05, 3.63) is 47.3 Å². The van der Waals surface area contributed by atoms with Crippen LogP contribution < -0.4 is 4.74 Å². The Labute approximate surface area is 174 Å². The highest BCUT2D eigenvalue weighted by molar-refractivity contribution is 5.33. The summed E-state index contributed by atoms with van der Waals surface area (Å²) in [5.41, 5.74) is 3.03. The monoisotopic (exact) mass is 397 g/mol.